The summed E-state index contributed by atoms with van der Waals surface area (Å²) in [5.41, 5.74) is 4.64. The van der Waals surface area contributed by atoms with Crippen molar-refractivity contribution in [1.29, 1.82) is 0 Å². The fourth-order valence-corrected chi connectivity index (χ4v) is 6.90. The van der Waals surface area contributed by atoms with Gasteiger partial charge in [0.05, 0.1) is 22.4 Å². The van der Waals surface area contributed by atoms with E-state index >= 15 is 4.39 Å². The summed E-state index contributed by atoms with van der Waals surface area (Å²) in [7, 11) is 0.561. The van der Waals surface area contributed by atoms with Crippen molar-refractivity contribution >= 4 is 48.1 Å². The zero-order chi connectivity index (χ0) is 31.9. The molecule has 1 aliphatic heterocycles. The molecule has 44 heavy (non-hydrogen) atoms. The van der Waals surface area contributed by atoms with Gasteiger partial charge in [0.15, 0.2) is 5.82 Å². The van der Waals surface area contributed by atoms with Crippen LogP contribution in [0.15, 0.2) is 48.3 Å². The fourth-order valence-electron chi connectivity index (χ4n) is 6.55. The maximum atomic E-state index is 15.6. The van der Waals surface area contributed by atoms with E-state index in [1.54, 1.807) is 23.3 Å². The number of amides is 2. The van der Waals surface area contributed by atoms with Gasteiger partial charge in [-0.1, -0.05) is 62.0 Å². The molecule has 2 heterocycles. The Morgan fingerprint density at radius 3 is 2.55 bits per heavy atom. The molecule has 5 rings (SSSR count). The van der Waals surface area contributed by atoms with Crippen molar-refractivity contribution in [2.24, 2.45) is 5.84 Å². The molecular weight excluding hydrogens is 601 g/mol. The molecule has 0 spiro atoms. The minimum Gasteiger partial charge on any atom is -0.329 e. The molecule has 1 atom stereocenters. The molecule has 3 aromatic rings. The number of hydrogen-bond donors (Lipinski definition) is 2. The van der Waals surface area contributed by atoms with Crippen molar-refractivity contribution in [3.63, 3.8) is 0 Å². The summed E-state index contributed by atoms with van der Waals surface area (Å²) in [5.74, 6) is 5.53. The molecule has 232 valence electrons. The number of aryl methyl sites for hydroxylation is 1. The average molecular weight is 639 g/mol. The number of rotatable bonds is 8. The number of allylic oxidation sites excluding steroid dienone is 1. The van der Waals surface area contributed by atoms with Crippen LogP contribution in [0.3, 0.4) is 0 Å². The molecule has 1 aromatic heterocycles. The van der Waals surface area contributed by atoms with E-state index < -0.39 is 11.9 Å². The Hall–Kier alpha value is -3.34. The quantitative estimate of drug-likeness (QED) is 0.164. The van der Waals surface area contributed by atoms with Crippen LogP contribution < -0.4 is 16.1 Å². The lowest BCUT2D eigenvalue weighted by molar-refractivity contribution is -0.118. The van der Waals surface area contributed by atoms with E-state index in [0.717, 1.165) is 48.1 Å². The van der Waals surface area contributed by atoms with E-state index in [-0.39, 0.29) is 40.3 Å². The normalized spacial score (nSPS) is 20.2. The lowest BCUT2D eigenvalue weighted by atomic mass is 9.66. The predicted molar refractivity (Wildman–Crippen MR) is 175 cm³/mol. The Balaban J connectivity index is 1.50. The molecular formula is C32H38BCl2FN6O2. The number of hydrogen-bond acceptors (Lipinski definition) is 5. The number of halogens is 3. The second-order valence-corrected chi connectivity index (χ2v) is 13.1. The second kappa shape index (κ2) is 13.0. The molecule has 2 amide bonds. The van der Waals surface area contributed by atoms with Crippen molar-refractivity contribution in [2.45, 2.75) is 84.1 Å². The molecule has 2 aromatic carbocycles. The van der Waals surface area contributed by atoms with Crippen LogP contribution in [-0.2, 0) is 4.79 Å². The van der Waals surface area contributed by atoms with Crippen LogP contribution in [0.2, 0.25) is 15.9 Å². The minimum absolute atomic E-state index is 0.0177. The van der Waals surface area contributed by atoms with Crippen molar-refractivity contribution in [3.05, 3.63) is 92.2 Å². The summed E-state index contributed by atoms with van der Waals surface area (Å²) in [4.78, 5) is 27.3. The number of fused-ring (bicyclic) bond motifs is 1. The minimum atomic E-state index is -0.643. The van der Waals surface area contributed by atoms with Gasteiger partial charge in [0.2, 0.25) is 5.91 Å². The summed E-state index contributed by atoms with van der Waals surface area (Å²) in [6.07, 6.45) is 5.29. The Bertz CT molecular complexity index is 1620. The molecule has 8 nitrogen and oxygen atoms in total. The van der Waals surface area contributed by atoms with E-state index in [1.165, 1.54) is 17.9 Å². The maximum Gasteiger partial charge on any atom is 0.276 e. The summed E-state index contributed by atoms with van der Waals surface area (Å²) in [6, 6.07) is 9.82. The van der Waals surface area contributed by atoms with Crippen LogP contribution in [0.1, 0.15) is 98.2 Å². The van der Waals surface area contributed by atoms with E-state index in [0.29, 0.717) is 23.8 Å². The first-order chi connectivity index (χ1) is 20.9. The topological polar surface area (TPSA) is 96.5 Å². The maximum absolute atomic E-state index is 15.6. The Morgan fingerprint density at radius 1 is 1.18 bits per heavy atom. The summed E-state index contributed by atoms with van der Waals surface area (Å²) in [6.45, 7) is 9.35. The molecule has 2 aliphatic rings. The summed E-state index contributed by atoms with van der Waals surface area (Å²) >= 11 is 12.7. The Morgan fingerprint density at radius 2 is 1.89 bits per heavy atom. The fraction of sp³-hybridized carbons (Fsp3) is 0.406. The van der Waals surface area contributed by atoms with Gasteiger partial charge in [-0.05, 0) is 73.8 Å². The molecule has 0 bridgehead atoms. The number of nitrogens with zero attached hydrogens (tertiary/aromatic N) is 4. The number of nitrogens with one attached hydrogen (secondary N) is 1. The van der Waals surface area contributed by atoms with E-state index in [9.17, 15) is 9.59 Å². The molecule has 0 unspecified atom stereocenters. The van der Waals surface area contributed by atoms with Crippen molar-refractivity contribution in [1.82, 2.24) is 20.0 Å². The van der Waals surface area contributed by atoms with Crippen molar-refractivity contribution in [3.8, 4) is 0 Å². The number of benzene rings is 2. The van der Waals surface area contributed by atoms with Crippen LogP contribution in [0.4, 0.5) is 10.1 Å². The van der Waals surface area contributed by atoms with Crippen LogP contribution in [0.25, 0.3) is 0 Å². The van der Waals surface area contributed by atoms with Crippen molar-refractivity contribution in [2.75, 3.05) is 4.90 Å². The van der Waals surface area contributed by atoms with Gasteiger partial charge in [0.25, 0.3) is 13.3 Å². The molecule has 0 saturated heterocycles. The van der Waals surface area contributed by atoms with Gasteiger partial charge in [-0.25, -0.2) is 10.2 Å². The molecule has 1 saturated carbocycles. The van der Waals surface area contributed by atoms with Gasteiger partial charge in [0.1, 0.15) is 5.69 Å². The van der Waals surface area contributed by atoms with Gasteiger partial charge in [-0.2, -0.15) is 5.10 Å². The highest BCUT2D eigenvalue weighted by molar-refractivity contribution is 6.37. The molecule has 0 radical (unpaired) electrons. The number of nitrogens with two attached hydrogens (primary N) is 1. The summed E-state index contributed by atoms with van der Waals surface area (Å²) in [5, 5.41) is 9.94. The monoisotopic (exact) mass is 638 g/mol. The third-order valence-electron chi connectivity index (χ3n) is 8.63. The number of anilines is 1. The molecule has 1 fully saturated rings. The molecule has 12 heteroatoms. The van der Waals surface area contributed by atoms with Gasteiger partial charge in [0, 0.05) is 35.4 Å². The second-order valence-electron chi connectivity index (χ2n) is 12.3. The Kier molecular flexibility index (Phi) is 9.44. The highest BCUT2D eigenvalue weighted by Crippen LogP contribution is 2.47. The molecule has 3 N–H and O–H groups in total. The number of hydrazine groups is 1. The predicted octanol–water partition coefficient (Wildman–Crippen LogP) is 6.61. The number of aromatic nitrogens is 2. The van der Waals surface area contributed by atoms with Crippen LogP contribution in [0.5, 0.6) is 0 Å². The van der Waals surface area contributed by atoms with E-state index in [4.69, 9.17) is 34.1 Å². The van der Waals surface area contributed by atoms with Gasteiger partial charge >= 0.3 is 0 Å². The van der Waals surface area contributed by atoms with Crippen LogP contribution in [0, 0.1) is 12.7 Å². The van der Waals surface area contributed by atoms with Gasteiger partial charge in [-0.3, -0.25) is 14.5 Å². The number of carbonyl (C=O) groups excluding carboxylic acids is 2. The SMILES string of the molecule is CC(=O)N/C(C)=C/N(N)C1CCC(Bn2nc(C(C)C)c3c2C(=O)N(c2cccc(Cl)c2F)[C@H]3c2cc(Cl)ccc2C)CC1. The first-order valence-electron chi connectivity index (χ1n) is 15.0. The zero-order valence-electron chi connectivity index (χ0n) is 25.7. The van der Waals surface area contributed by atoms with Crippen molar-refractivity contribution < 1.29 is 14.0 Å². The largest absolute Gasteiger partial charge is 0.329 e. The van der Waals surface area contributed by atoms with E-state index in [2.05, 4.69) is 19.2 Å². The first-order valence-corrected chi connectivity index (χ1v) is 15.8. The van der Waals surface area contributed by atoms with Crippen LogP contribution >= 0.6 is 23.2 Å². The summed E-state index contributed by atoms with van der Waals surface area (Å²) < 4.78 is 17.4. The molecule has 1 aliphatic carbocycles. The lowest BCUT2D eigenvalue weighted by Crippen LogP contribution is -2.40. The standard InChI is InChI=1S/C32H38BCl2FN6O2/c1-17(2)29-27-30(24-15-22(34)12-9-18(24)3)41(26-8-6-7-25(35)28(26)36)32(44)31(27)42(39-29)33-21-10-13-23(14-11-21)40(37)16-19(4)38-20(5)43/h6-9,12,15-17,21,23,30,33H,10-11,13-14,37H2,1-5H3,(H,38,43)/b19-16+/t21?,23?,30-/m0/s1. The Labute approximate surface area is 268 Å². The highest BCUT2D eigenvalue weighted by Gasteiger charge is 2.46. The third kappa shape index (κ3) is 6.25. The van der Waals surface area contributed by atoms with Gasteiger partial charge < -0.3 is 14.9 Å². The van der Waals surface area contributed by atoms with E-state index in [1.807, 2.05) is 36.6 Å². The average Bonchev–Trinajstić information content (AvgIpc) is 3.47. The zero-order valence-corrected chi connectivity index (χ0v) is 27.2. The third-order valence-corrected chi connectivity index (χ3v) is 9.16. The first kappa shape index (κ1) is 32.1. The lowest BCUT2D eigenvalue weighted by Gasteiger charge is -2.33. The van der Waals surface area contributed by atoms with Crippen LogP contribution in [-0.4, -0.2) is 40.0 Å². The van der Waals surface area contributed by atoms with Gasteiger partial charge in [-0.15, -0.1) is 0 Å². The highest BCUT2D eigenvalue weighted by atomic mass is 35.5. The smallest absolute Gasteiger partial charge is 0.276 e. The number of carbonyl (C=O) groups is 2.